The van der Waals surface area contributed by atoms with Crippen LogP contribution < -0.4 is 10.6 Å². The number of benzene rings is 1. The summed E-state index contributed by atoms with van der Waals surface area (Å²) in [6, 6.07) is 11.4. The van der Waals surface area contributed by atoms with Crippen LogP contribution in [0.15, 0.2) is 35.3 Å². The molecule has 0 radical (unpaired) electrons. The number of hydrogen-bond donors (Lipinski definition) is 3. The van der Waals surface area contributed by atoms with Gasteiger partial charge in [0.05, 0.1) is 0 Å². The first-order chi connectivity index (χ1) is 11.2. The van der Waals surface area contributed by atoms with E-state index in [-0.39, 0.29) is 36.5 Å². The van der Waals surface area contributed by atoms with E-state index in [1.165, 1.54) is 31.2 Å². The van der Waals surface area contributed by atoms with Crippen molar-refractivity contribution in [2.45, 2.75) is 51.5 Å². The summed E-state index contributed by atoms with van der Waals surface area (Å²) in [5, 5.41) is 16.0. The molecular weight excluding hydrogens is 413 g/mol. The molecule has 3 N–H and O–H groups in total. The molecular formula is C19H32IN3O. The summed E-state index contributed by atoms with van der Waals surface area (Å²) in [7, 11) is 0. The molecule has 2 rings (SSSR count). The lowest BCUT2D eigenvalue weighted by Gasteiger charge is -2.30. The number of aliphatic hydroxyl groups excluding tert-OH is 1. The molecule has 136 valence electrons. The molecule has 4 nitrogen and oxygen atoms in total. The fraction of sp³-hybridized carbons (Fsp3) is 0.632. The highest BCUT2D eigenvalue weighted by Crippen LogP contribution is 2.32. The monoisotopic (exact) mass is 445 g/mol. The van der Waals surface area contributed by atoms with Gasteiger partial charge in [-0.05, 0) is 50.0 Å². The molecule has 0 bridgehead atoms. The van der Waals surface area contributed by atoms with E-state index >= 15 is 0 Å². The predicted octanol–water partition coefficient (Wildman–Crippen LogP) is 3.51. The van der Waals surface area contributed by atoms with Gasteiger partial charge in [-0.15, -0.1) is 24.0 Å². The first kappa shape index (κ1) is 21.2. The quantitative estimate of drug-likeness (QED) is 0.357. The van der Waals surface area contributed by atoms with Crippen LogP contribution in [0.25, 0.3) is 0 Å². The van der Waals surface area contributed by atoms with E-state index in [2.05, 4.69) is 52.9 Å². The molecule has 0 saturated heterocycles. The minimum atomic E-state index is 0. The minimum absolute atomic E-state index is 0. The van der Waals surface area contributed by atoms with Gasteiger partial charge in [0.2, 0.25) is 0 Å². The Balaban J connectivity index is 0.00000288. The van der Waals surface area contributed by atoms with Gasteiger partial charge in [0.25, 0.3) is 0 Å². The number of halogens is 1. The van der Waals surface area contributed by atoms with E-state index < -0.39 is 0 Å². The van der Waals surface area contributed by atoms with Crippen molar-refractivity contribution in [3.05, 3.63) is 35.9 Å². The van der Waals surface area contributed by atoms with Gasteiger partial charge in [0.15, 0.2) is 5.96 Å². The Kier molecular flexibility index (Phi) is 10.3. The largest absolute Gasteiger partial charge is 0.396 e. The summed E-state index contributed by atoms with van der Waals surface area (Å²) < 4.78 is 0. The van der Waals surface area contributed by atoms with Gasteiger partial charge in [-0.3, -0.25) is 4.99 Å². The Bertz CT molecular complexity index is 473. The molecule has 0 heterocycles. The van der Waals surface area contributed by atoms with Crippen LogP contribution in [0, 0.1) is 5.92 Å². The number of nitrogens with zero attached hydrogens (tertiary/aromatic N) is 1. The van der Waals surface area contributed by atoms with E-state index in [4.69, 9.17) is 5.11 Å². The van der Waals surface area contributed by atoms with Gasteiger partial charge in [-0.25, -0.2) is 0 Å². The van der Waals surface area contributed by atoms with Crippen LogP contribution in [0.1, 0.15) is 51.0 Å². The van der Waals surface area contributed by atoms with Crippen molar-refractivity contribution < 1.29 is 5.11 Å². The Labute approximate surface area is 163 Å². The molecule has 1 atom stereocenters. The molecule has 1 fully saturated rings. The van der Waals surface area contributed by atoms with Crippen LogP contribution in [0.2, 0.25) is 0 Å². The number of guanidine groups is 1. The van der Waals surface area contributed by atoms with Crippen molar-refractivity contribution in [1.82, 2.24) is 10.6 Å². The zero-order chi connectivity index (χ0) is 16.5. The summed E-state index contributed by atoms with van der Waals surface area (Å²) in [5.41, 5.74) is 1.48. The average molecular weight is 445 g/mol. The highest BCUT2D eigenvalue weighted by Gasteiger charge is 2.22. The maximum Gasteiger partial charge on any atom is 0.191 e. The molecule has 1 saturated carbocycles. The van der Waals surface area contributed by atoms with Crippen LogP contribution in [0.4, 0.5) is 0 Å². The van der Waals surface area contributed by atoms with Gasteiger partial charge >= 0.3 is 0 Å². The first-order valence-electron chi connectivity index (χ1n) is 8.93. The third-order valence-corrected chi connectivity index (χ3v) is 4.56. The van der Waals surface area contributed by atoms with E-state index in [9.17, 15) is 0 Å². The van der Waals surface area contributed by atoms with Gasteiger partial charge in [-0.1, -0.05) is 37.3 Å². The average Bonchev–Trinajstić information content (AvgIpc) is 2.61. The SMILES string of the molecule is CCNC(=NCC(C)CO)NC1CCC(c2ccccc2)CC1.I. The summed E-state index contributed by atoms with van der Waals surface area (Å²) in [6.45, 7) is 5.80. The lowest BCUT2D eigenvalue weighted by Crippen LogP contribution is -2.45. The molecule has 1 unspecified atom stereocenters. The van der Waals surface area contributed by atoms with Crippen molar-refractivity contribution in [3.8, 4) is 0 Å². The van der Waals surface area contributed by atoms with Crippen molar-refractivity contribution in [1.29, 1.82) is 0 Å². The molecule has 1 aliphatic rings. The molecule has 1 aromatic carbocycles. The van der Waals surface area contributed by atoms with Gasteiger partial charge in [0, 0.05) is 25.7 Å². The van der Waals surface area contributed by atoms with Gasteiger partial charge in [0.1, 0.15) is 0 Å². The molecule has 1 aromatic rings. The summed E-state index contributed by atoms with van der Waals surface area (Å²) in [4.78, 5) is 4.59. The first-order valence-corrected chi connectivity index (χ1v) is 8.93. The van der Waals surface area contributed by atoms with Crippen LogP contribution in [-0.2, 0) is 0 Å². The highest BCUT2D eigenvalue weighted by atomic mass is 127. The Morgan fingerprint density at radius 1 is 1.21 bits per heavy atom. The summed E-state index contributed by atoms with van der Waals surface area (Å²) >= 11 is 0. The summed E-state index contributed by atoms with van der Waals surface area (Å²) in [6.07, 6.45) is 4.82. The third kappa shape index (κ3) is 6.97. The zero-order valence-corrected chi connectivity index (χ0v) is 17.2. The number of hydrogen-bond acceptors (Lipinski definition) is 2. The smallest absolute Gasteiger partial charge is 0.191 e. The molecule has 0 aliphatic heterocycles. The standard InChI is InChI=1S/C19H31N3O.HI/c1-3-20-19(21-13-15(2)14-23)22-18-11-9-17(10-12-18)16-7-5-4-6-8-16;/h4-8,15,17-18,23H,3,9-14H2,1-2H3,(H2,20,21,22);1H. The third-order valence-electron chi connectivity index (χ3n) is 4.56. The second-order valence-corrected chi connectivity index (χ2v) is 6.61. The highest BCUT2D eigenvalue weighted by molar-refractivity contribution is 14.0. The molecule has 0 aromatic heterocycles. The lowest BCUT2D eigenvalue weighted by atomic mass is 9.82. The number of aliphatic imine (C=N–C) groups is 1. The second-order valence-electron chi connectivity index (χ2n) is 6.61. The fourth-order valence-electron chi connectivity index (χ4n) is 3.11. The molecule has 5 heteroatoms. The van der Waals surface area contributed by atoms with Crippen LogP contribution >= 0.6 is 24.0 Å². The number of aliphatic hydroxyl groups is 1. The molecule has 1 aliphatic carbocycles. The molecule has 0 spiro atoms. The maximum atomic E-state index is 9.13. The topological polar surface area (TPSA) is 56.7 Å². The Hall–Kier alpha value is -0.820. The van der Waals surface area contributed by atoms with Crippen LogP contribution in [0.5, 0.6) is 0 Å². The lowest BCUT2D eigenvalue weighted by molar-refractivity contribution is 0.241. The Morgan fingerprint density at radius 3 is 2.46 bits per heavy atom. The maximum absolute atomic E-state index is 9.13. The van der Waals surface area contributed by atoms with Crippen LogP contribution in [0.3, 0.4) is 0 Å². The Morgan fingerprint density at radius 2 is 1.88 bits per heavy atom. The van der Waals surface area contributed by atoms with Crippen LogP contribution in [-0.4, -0.2) is 36.8 Å². The van der Waals surface area contributed by atoms with Gasteiger partial charge < -0.3 is 15.7 Å². The zero-order valence-electron chi connectivity index (χ0n) is 14.9. The van der Waals surface area contributed by atoms with E-state index in [1.54, 1.807) is 0 Å². The fourth-order valence-corrected chi connectivity index (χ4v) is 3.11. The van der Waals surface area contributed by atoms with Crippen molar-refractivity contribution in [2.24, 2.45) is 10.9 Å². The van der Waals surface area contributed by atoms with E-state index in [1.807, 2.05) is 6.92 Å². The molecule has 0 amide bonds. The van der Waals surface area contributed by atoms with E-state index in [0.29, 0.717) is 18.5 Å². The van der Waals surface area contributed by atoms with Crippen molar-refractivity contribution in [2.75, 3.05) is 19.7 Å². The number of nitrogens with one attached hydrogen (secondary N) is 2. The van der Waals surface area contributed by atoms with Crippen molar-refractivity contribution >= 4 is 29.9 Å². The predicted molar refractivity (Wildman–Crippen MR) is 112 cm³/mol. The second kappa shape index (κ2) is 11.7. The van der Waals surface area contributed by atoms with Gasteiger partial charge in [-0.2, -0.15) is 0 Å². The van der Waals surface area contributed by atoms with E-state index in [0.717, 1.165) is 12.5 Å². The normalized spacial score (nSPS) is 22.4. The minimum Gasteiger partial charge on any atom is -0.396 e. The summed E-state index contributed by atoms with van der Waals surface area (Å²) in [5.74, 6) is 1.79. The van der Waals surface area contributed by atoms with Crippen molar-refractivity contribution in [3.63, 3.8) is 0 Å². The molecule has 24 heavy (non-hydrogen) atoms. The number of rotatable bonds is 6.